The number of sulfone groups is 1. The second-order valence-electron chi connectivity index (χ2n) is 5.70. The lowest BCUT2D eigenvalue weighted by molar-refractivity contribution is 0.542. The van der Waals surface area contributed by atoms with Crippen LogP contribution in [0.3, 0.4) is 0 Å². The average molecular weight is 346 g/mol. The summed E-state index contributed by atoms with van der Waals surface area (Å²) in [7, 11) is -6.44. The average Bonchev–Trinajstić information content (AvgIpc) is 2.77. The minimum atomic E-state index is -3.53. The van der Waals surface area contributed by atoms with Crippen LogP contribution in [0.25, 0.3) is 0 Å². The lowest BCUT2D eigenvalue weighted by Gasteiger charge is -2.12. The van der Waals surface area contributed by atoms with Gasteiger partial charge in [0.2, 0.25) is 10.0 Å². The molecule has 0 radical (unpaired) electrons. The molecule has 1 heterocycles. The Morgan fingerprint density at radius 2 is 1.91 bits per heavy atom. The fourth-order valence-electron chi connectivity index (χ4n) is 2.38. The van der Waals surface area contributed by atoms with Crippen LogP contribution in [0.1, 0.15) is 17.5 Å². The number of hydrogen-bond acceptors (Lipinski definition) is 5. The minimum absolute atomic E-state index is 0.0730. The molecule has 22 heavy (non-hydrogen) atoms. The molecule has 1 aromatic rings. The van der Waals surface area contributed by atoms with Crippen LogP contribution in [0.5, 0.6) is 0 Å². The van der Waals surface area contributed by atoms with E-state index in [1.54, 1.807) is 18.2 Å². The van der Waals surface area contributed by atoms with Crippen LogP contribution >= 0.6 is 0 Å². The van der Waals surface area contributed by atoms with E-state index < -0.39 is 19.9 Å². The minimum Gasteiger partial charge on any atom is -0.312 e. The molecule has 2 N–H and O–H groups in total. The molecule has 1 saturated heterocycles. The largest absolute Gasteiger partial charge is 0.312 e. The number of nitrogens with one attached hydrogen (secondary N) is 2. The molecule has 8 heteroatoms. The summed E-state index contributed by atoms with van der Waals surface area (Å²) in [5.74, 6) is 0.343. The zero-order valence-corrected chi connectivity index (χ0v) is 14.4. The maximum Gasteiger partial charge on any atom is 0.240 e. The quantitative estimate of drug-likeness (QED) is 0.726. The van der Waals surface area contributed by atoms with Gasteiger partial charge in [0.15, 0.2) is 9.84 Å². The first-order valence-corrected chi connectivity index (χ1v) is 10.5. The summed E-state index contributed by atoms with van der Waals surface area (Å²) in [4.78, 5) is 0.249. The van der Waals surface area contributed by atoms with Gasteiger partial charge in [0.1, 0.15) is 0 Å². The van der Waals surface area contributed by atoms with Gasteiger partial charge in [0, 0.05) is 19.1 Å². The standard InChI is InChI=1S/C14H22N2O4S2/c1-11-3-4-14(9-12(11)2)22(19,20)16-7-6-15-13-5-8-21(17,18)10-13/h3-4,9,13,15-16H,5-8,10H2,1-2H3/t13-/m0/s1. The van der Waals surface area contributed by atoms with Gasteiger partial charge in [-0.3, -0.25) is 0 Å². The molecule has 1 atom stereocenters. The van der Waals surface area contributed by atoms with Crippen molar-refractivity contribution in [3.63, 3.8) is 0 Å². The Morgan fingerprint density at radius 3 is 2.50 bits per heavy atom. The molecule has 1 aromatic carbocycles. The summed E-state index contributed by atoms with van der Waals surface area (Å²) in [6.45, 7) is 4.44. The van der Waals surface area contributed by atoms with E-state index in [-0.39, 0.29) is 29.0 Å². The molecular formula is C14H22N2O4S2. The first-order valence-electron chi connectivity index (χ1n) is 7.20. The Hall–Kier alpha value is -0.960. The number of rotatable bonds is 6. The first kappa shape index (κ1) is 17.4. The van der Waals surface area contributed by atoms with Crippen LogP contribution in [0.4, 0.5) is 0 Å². The number of sulfonamides is 1. The molecule has 1 aliphatic heterocycles. The Morgan fingerprint density at radius 1 is 1.18 bits per heavy atom. The Bertz CT molecular complexity index is 742. The number of benzene rings is 1. The lowest BCUT2D eigenvalue weighted by atomic mass is 10.1. The zero-order valence-electron chi connectivity index (χ0n) is 12.8. The summed E-state index contributed by atoms with van der Waals surface area (Å²) in [6, 6.07) is 4.94. The van der Waals surface area contributed by atoms with E-state index in [9.17, 15) is 16.8 Å². The molecule has 0 amide bonds. The molecule has 0 saturated carbocycles. The highest BCUT2D eigenvalue weighted by Crippen LogP contribution is 2.14. The maximum absolute atomic E-state index is 12.2. The molecule has 0 aliphatic carbocycles. The third kappa shape index (κ3) is 4.52. The van der Waals surface area contributed by atoms with Crippen molar-refractivity contribution in [3.8, 4) is 0 Å². The Kier molecular flexibility index (Phi) is 5.26. The fourth-order valence-corrected chi connectivity index (χ4v) is 5.21. The number of hydrogen-bond donors (Lipinski definition) is 2. The van der Waals surface area contributed by atoms with Crippen LogP contribution in [0, 0.1) is 13.8 Å². The topological polar surface area (TPSA) is 92.3 Å². The van der Waals surface area contributed by atoms with Gasteiger partial charge in [-0.1, -0.05) is 6.07 Å². The van der Waals surface area contributed by atoms with Gasteiger partial charge in [-0.15, -0.1) is 0 Å². The Balaban J connectivity index is 1.84. The summed E-state index contributed by atoms with van der Waals surface area (Å²) in [6.07, 6.45) is 0.590. The van der Waals surface area contributed by atoms with Gasteiger partial charge >= 0.3 is 0 Å². The first-order chi connectivity index (χ1) is 10.2. The summed E-state index contributed by atoms with van der Waals surface area (Å²) in [5, 5.41) is 3.08. The van der Waals surface area contributed by atoms with Gasteiger partial charge in [-0.25, -0.2) is 21.6 Å². The Labute approximate surface area is 132 Å². The van der Waals surface area contributed by atoms with Crippen molar-refractivity contribution in [1.29, 1.82) is 0 Å². The van der Waals surface area contributed by atoms with E-state index in [4.69, 9.17) is 0 Å². The van der Waals surface area contributed by atoms with Gasteiger partial charge < -0.3 is 5.32 Å². The molecule has 1 fully saturated rings. The molecule has 0 spiro atoms. The van der Waals surface area contributed by atoms with Gasteiger partial charge in [-0.2, -0.15) is 0 Å². The third-order valence-electron chi connectivity index (χ3n) is 3.87. The van der Waals surface area contributed by atoms with E-state index in [0.717, 1.165) is 11.1 Å². The van der Waals surface area contributed by atoms with E-state index in [1.165, 1.54) is 0 Å². The van der Waals surface area contributed by atoms with Crippen molar-refractivity contribution in [2.24, 2.45) is 0 Å². The maximum atomic E-state index is 12.2. The molecule has 0 aromatic heterocycles. The molecule has 0 unspecified atom stereocenters. The van der Waals surface area contributed by atoms with Crippen molar-refractivity contribution in [2.75, 3.05) is 24.6 Å². The zero-order chi connectivity index (χ0) is 16.4. The number of aryl methyl sites for hydroxylation is 2. The highest BCUT2D eigenvalue weighted by Gasteiger charge is 2.27. The van der Waals surface area contributed by atoms with E-state index in [2.05, 4.69) is 10.0 Å². The van der Waals surface area contributed by atoms with Gasteiger partial charge in [0.25, 0.3) is 0 Å². The molecular weight excluding hydrogens is 324 g/mol. The van der Waals surface area contributed by atoms with Crippen molar-refractivity contribution in [1.82, 2.24) is 10.0 Å². The van der Waals surface area contributed by atoms with E-state index >= 15 is 0 Å². The predicted molar refractivity (Wildman–Crippen MR) is 86.2 cm³/mol. The SMILES string of the molecule is Cc1ccc(S(=O)(=O)NCCN[C@H]2CCS(=O)(=O)C2)cc1C. The molecule has 6 nitrogen and oxygen atoms in total. The fraction of sp³-hybridized carbons (Fsp3) is 0.571. The highest BCUT2D eigenvalue weighted by molar-refractivity contribution is 7.91. The highest BCUT2D eigenvalue weighted by atomic mass is 32.2. The molecule has 0 bridgehead atoms. The second-order valence-corrected chi connectivity index (χ2v) is 9.69. The smallest absolute Gasteiger partial charge is 0.240 e. The van der Waals surface area contributed by atoms with E-state index in [0.29, 0.717) is 13.0 Å². The molecule has 1 aliphatic rings. The van der Waals surface area contributed by atoms with Crippen molar-refractivity contribution < 1.29 is 16.8 Å². The van der Waals surface area contributed by atoms with Crippen molar-refractivity contribution >= 4 is 19.9 Å². The normalized spacial score (nSPS) is 21.1. The summed E-state index contributed by atoms with van der Waals surface area (Å²) >= 11 is 0. The van der Waals surface area contributed by atoms with Crippen molar-refractivity contribution in [2.45, 2.75) is 31.2 Å². The monoisotopic (exact) mass is 346 g/mol. The van der Waals surface area contributed by atoms with Gasteiger partial charge in [-0.05, 0) is 43.5 Å². The van der Waals surface area contributed by atoms with Crippen LogP contribution in [0.2, 0.25) is 0 Å². The molecule has 124 valence electrons. The van der Waals surface area contributed by atoms with Crippen LogP contribution < -0.4 is 10.0 Å². The van der Waals surface area contributed by atoms with Crippen LogP contribution in [-0.2, 0) is 19.9 Å². The third-order valence-corrected chi connectivity index (χ3v) is 7.10. The van der Waals surface area contributed by atoms with Gasteiger partial charge in [0.05, 0.1) is 16.4 Å². The lowest BCUT2D eigenvalue weighted by Crippen LogP contribution is -2.37. The molecule has 2 rings (SSSR count). The van der Waals surface area contributed by atoms with Crippen molar-refractivity contribution in [3.05, 3.63) is 29.3 Å². The second kappa shape index (κ2) is 6.66. The van der Waals surface area contributed by atoms with E-state index in [1.807, 2.05) is 13.8 Å². The predicted octanol–water partition coefficient (Wildman–Crippen LogP) is 0.358. The summed E-state index contributed by atoms with van der Waals surface area (Å²) < 4.78 is 49.5. The van der Waals surface area contributed by atoms with Crippen LogP contribution in [-0.4, -0.2) is 47.5 Å². The van der Waals surface area contributed by atoms with Crippen LogP contribution in [0.15, 0.2) is 23.1 Å². The summed E-state index contributed by atoms with van der Waals surface area (Å²) in [5.41, 5.74) is 1.97.